The largest absolute Gasteiger partial charge is 0.416 e. The predicted molar refractivity (Wildman–Crippen MR) is 51.6 cm³/mol. The zero-order valence-electron chi connectivity index (χ0n) is 7.84. The number of carbonyl (C=O) groups is 1. The second-order valence-electron chi connectivity index (χ2n) is 2.84. The number of rotatable bonds is 3. The first-order chi connectivity index (χ1) is 6.93. The number of benzene rings is 1. The minimum atomic E-state index is -4.59. The van der Waals surface area contributed by atoms with Crippen molar-refractivity contribution in [3.8, 4) is 0 Å². The number of hydrogen-bond donors (Lipinski definition) is 1. The van der Waals surface area contributed by atoms with Crippen molar-refractivity contribution in [3.63, 3.8) is 0 Å². The Morgan fingerprint density at radius 1 is 1.25 bits per heavy atom. The standard InChI is InChI=1S/C9H7F4NO.ClH/c10-8-2-6(4-14-5-15)1-7(3-8)9(11,12)13;/h1-3,5H,4H2,(H,14,15);1H. The molecule has 1 N–H and O–H groups in total. The van der Waals surface area contributed by atoms with Crippen LogP contribution in [-0.2, 0) is 17.5 Å². The molecule has 0 aromatic heterocycles. The maximum absolute atomic E-state index is 12.8. The van der Waals surface area contributed by atoms with Gasteiger partial charge in [0.15, 0.2) is 0 Å². The van der Waals surface area contributed by atoms with Gasteiger partial charge in [0.25, 0.3) is 0 Å². The number of halogens is 5. The Balaban J connectivity index is 0.00000225. The van der Waals surface area contributed by atoms with Crippen LogP contribution in [0.5, 0.6) is 0 Å². The van der Waals surface area contributed by atoms with E-state index in [0.29, 0.717) is 12.5 Å². The van der Waals surface area contributed by atoms with Gasteiger partial charge in [-0.1, -0.05) is 0 Å². The molecular weight excluding hydrogens is 250 g/mol. The Labute approximate surface area is 95.1 Å². The van der Waals surface area contributed by atoms with Crippen LogP contribution in [0.4, 0.5) is 17.6 Å². The first-order valence-corrected chi connectivity index (χ1v) is 3.97. The molecule has 0 saturated carbocycles. The van der Waals surface area contributed by atoms with Crippen molar-refractivity contribution in [1.29, 1.82) is 0 Å². The van der Waals surface area contributed by atoms with Gasteiger partial charge in [0.2, 0.25) is 6.41 Å². The Bertz CT molecular complexity index is 367. The molecule has 0 spiro atoms. The van der Waals surface area contributed by atoms with E-state index in [9.17, 15) is 22.4 Å². The molecule has 0 saturated heterocycles. The van der Waals surface area contributed by atoms with Crippen molar-refractivity contribution in [3.05, 3.63) is 35.1 Å². The lowest BCUT2D eigenvalue weighted by Crippen LogP contribution is -2.12. The molecule has 1 amide bonds. The first kappa shape index (κ1) is 14.7. The fourth-order valence-electron chi connectivity index (χ4n) is 1.08. The molecule has 90 valence electrons. The highest BCUT2D eigenvalue weighted by Crippen LogP contribution is 2.30. The number of carbonyl (C=O) groups excluding carboxylic acids is 1. The molecule has 0 aliphatic rings. The molecule has 1 aromatic carbocycles. The predicted octanol–water partition coefficient (Wildman–Crippen LogP) is 2.51. The van der Waals surface area contributed by atoms with E-state index in [-0.39, 0.29) is 24.5 Å². The van der Waals surface area contributed by atoms with Crippen LogP contribution in [0.3, 0.4) is 0 Å². The molecule has 1 rings (SSSR count). The highest BCUT2D eigenvalue weighted by Gasteiger charge is 2.31. The topological polar surface area (TPSA) is 29.1 Å². The summed E-state index contributed by atoms with van der Waals surface area (Å²) in [5, 5.41) is 2.16. The molecule has 0 aliphatic carbocycles. The van der Waals surface area contributed by atoms with Crippen molar-refractivity contribution in [2.24, 2.45) is 0 Å². The third kappa shape index (κ3) is 4.06. The van der Waals surface area contributed by atoms with Gasteiger partial charge >= 0.3 is 6.18 Å². The summed E-state index contributed by atoms with van der Waals surface area (Å²) in [5.41, 5.74) is -1.00. The van der Waals surface area contributed by atoms with Gasteiger partial charge in [-0.05, 0) is 23.8 Å². The lowest BCUT2D eigenvalue weighted by Gasteiger charge is -2.08. The van der Waals surface area contributed by atoms with Crippen LogP contribution in [0.1, 0.15) is 11.1 Å². The minimum Gasteiger partial charge on any atom is -0.355 e. The van der Waals surface area contributed by atoms with E-state index in [1.807, 2.05) is 0 Å². The van der Waals surface area contributed by atoms with Gasteiger partial charge in [-0.3, -0.25) is 4.79 Å². The molecule has 2 nitrogen and oxygen atoms in total. The molecule has 0 radical (unpaired) electrons. The lowest BCUT2D eigenvalue weighted by atomic mass is 10.1. The van der Waals surface area contributed by atoms with Crippen LogP contribution < -0.4 is 5.32 Å². The first-order valence-electron chi connectivity index (χ1n) is 3.97. The van der Waals surface area contributed by atoms with E-state index in [4.69, 9.17) is 0 Å². The Hall–Kier alpha value is -1.30. The zero-order chi connectivity index (χ0) is 11.5. The average Bonchev–Trinajstić information content (AvgIpc) is 2.12. The molecule has 0 atom stereocenters. The Kier molecular flexibility index (Phi) is 5.23. The quantitative estimate of drug-likeness (QED) is 0.654. The summed E-state index contributed by atoms with van der Waals surface area (Å²) in [4.78, 5) is 9.92. The SMILES string of the molecule is Cl.O=CNCc1cc(F)cc(C(F)(F)F)c1. The summed E-state index contributed by atoms with van der Waals surface area (Å²) in [6.45, 7) is -0.135. The van der Waals surface area contributed by atoms with Crippen LogP contribution in [0.2, 0.25) is 0 Å². The molecule has 0 unspecified atom stereocenters. The fourth-order valence-corrected chi connectivity index (χ4v) is 1.08. The van der Waals surface area contributed by atoms with Crippen LogP contribution in [0, 0.1) is 5.82 Å². The average molecular weight is 258 g/mol. The zero-order valence-corrected chi connectivity index (χ0v) is 8.66. The van der Waals surface area contributed by atoms with E-state index >= 15 is 0 Å². The van der Waals surface area contributed by atoms with Gasteiger partial charge in [-0.2, -0.15) is 13.2 Å². The molecule has 0 heterocycles. The summed E-state index contributed by atoms with van der Waals surface area (Å²) < 4.78 is 49.4. The van der Waals surface area contributed by atoms with E-state index in [2.05, 4.69) is 5.32 Å². The van der Waals surface area contributed by atoms with E-state index < -0.39 is 17.6 Å². The van der Waals surface area contributed by atoms with Crippen molar-refractivity contribution in [1.82, 2.24) is 5.32 Å². The third-order valence-electron chi connectivity index (χ3n) is 1.67. The van der Waals surface area contributed by atoms with Crippen molar-refractivity contribution in [2.75, 3.05) is 0 Å². The number of amides is 1. The third-order valence-corrected chi connectivity index (χ3v) is 1.67. The highest BCUT2D eigenvalue weighted by molar-refractivity contribution is 5.85. The van der Waals surface area contributed by atoms with Gasteiger partial charge in [-0.15, -0.1) is 12.4 Å². The summed E-state index contributed by atoms with van der Waals surface area (Å²) in [7, 11) is 0. The summed E-state index contributed by atoms with van der Waals surface area (Å²) >= 11 is 0. The summed E-state index contributed by atoms with van der Waals surface area (Å²) in [6.07, 6.45) is -4.25. The second kappa shape index (κ2) is 5.69. The van der Waals surface area contributed by atoms with Gasteiger partial charge in [0, 0.05) is 6.54 Å². The molecule has 0 bridgehead atoms. The van der Waals surface area contributed by atoms with Gasteiger partial charge in [-0.25, -0.2) is 4.39 Å². The van der Waals surface area contributed by atoms with Crippen LogP contribution >= 0.6 is 12.4 Å². The van der Waals surface area contributed by atoms with E-state index in [1.54, 1.807) is 0 Å². The van der Waals surface area contributed by atoms with Crippen LogP contribution in [-0.4, -0.2) is 6.41 Å². The Morgan fingerprint density at radius 2 is 1.88 bits per heavy atom. The molecule has 16 heavy (non-hydrogen) atoms. The van der Waals surface area contributed by atoms with Gasteiger partial charge < -0.3 is 5.32 Å². The maximum Gasteiger partial charge on any atom is 0.416 e. The van der Waals surface area contributed by atoms with E-state index in [0.717, 1.165) is 12.1 Å². The number of alkyl halides is 3. The monoisotopic (exact) mass is 257 g/mol. The van der Waals surface area contributed by atoms with Crippen molar-refractivity contribution in [2.45, 2.75) is 12.7 Å². The minimum absolute atomic E-state index is 0. The molecule has 0 aliphatic heterocycles. The van der Waals surface area contributed by atoms with E-state index in [1.165, 1.54) is 0 Å². The summed E-state index contributed by atoms with van der Waals surface area (Å²) in [5.74, 6) is -0.979. The normalized spacial score (nSPS) is 10.5. The highest BCUT2D eigenvalue weighted by atomic mass is 35.5. The van der Waals surface area contributed by atoms with Crippen LogP contribution in [0.25, 0.3) is 0 Å². The maximum atomic E-state index is 12.8. The van der Waals surface area contributed by atoms with Crippen molar-refractivity contribution >= 4 is 18.8 Å². The van der Waals surface area contributed by atoms with Crippen LogP contribution in [0.15, 0.2) is 18.2 Å². The number of hydrogen-bond acceptors (Lipinski definition) is 1. The van der Waals surface area contributed by atoms with Crippen molar-refractivity contribution < 1.29 is 22.4 Å². The summed E-state index contributed by atoms with van der Waals surface area (Å²) in [6, 6.07) is 2.13. The molecule has 0 fully saturated rings. The Morgan fingerprint density at radius 3 is 2.38 bits per heavy atom. The molecular formula is C9H8ClF4NO. The van der Waals surface area contributed by atoms with Gasteiger partial charge in [0.05, 0.1) is 5.56 Å². The molecule has 1 aromatic rings. The lowest BCUT2D eigenvalue weighted by molar-refractivity contribution is -0.137. The number of nitrogens with one attached hydrogen (secondary N) is 1. The fraction of sp³-hybridized carbons (Fsp3) is 0.222. The van der Waals surface area contributed by atoms with Gasteiger partial charge in [0.1, 0.15) is 5.82 Å². The smallest absolute Gasteiger partial charge is 0.355 e. The second-order valence-corrected chi connectivity index (χ2v) is 2.84. The molecule has 7 heteroatoms.